The quantitative estimate of drug-likeness (QED) is 0.565. The molecule has 0 spiro atoms. The Morgan fingerprint density at radius 3 is 2.63 bits per heavy atom. The second-order valence-corrected chi connectivity index (χ2v) is 6.69. The van der Waals surface area contributed by atoms with Crippen molar-refractivity contribution in [3.63, 3.8) is 0 Å². The summed E-state index contributed by atoms with van der Waals surface area (Å²) in [6, 6.07) is 17.7. The molecule has 1 N–H and O–H groups in total. The highest BCUT2D eigenvalue weighted by molar-refractivity contribution is 6.16. The van der Waals surface area contributed by atoms with Crippen LogP contribution in [-0.4, -0.2) is 37.8 Å². The van der Waals surface area contributed by atoms with E-state index in [-0.39, 0.29) is 24.1 Å². The number of rotatable bonds is 4. The van der Waals surface area contributed by atoms with Crippen LogP contribution in [0.25, 0.3) is 11.6 Å². The molecule has 30 heavy (non-hydrogen) atoms. The molecule has 0 saturated heterocycles. The number of nitrogens with one attached hydrogen (secondary N) is 1. The topological polar surface area (TPSA) is 106 Å². The highest BCUT2D eigenvalue weighted by Gasteiger charge is 2.27. The summed E-state index contributed by atoms with van der Waals surface area (Å²) in [6.07, 6.45) is 4.01. The molecule has 8 nitrogen and oxygen atoms in total. The Morgan fingerprint density at radius 2 is 1.80 bits per heavy atom. The predicted molar refractivity (Wildman–Crippen MR) is 110 cm³/mol. The van der Waals surface area contributed by atoms with Gasteiger partial charge < -0.3 is 9.73 Å². The fourth-order valence-corrected chi connectivity index (χ4v) is 3.31. The van der Waals surface area contributed by atoms with Gasteiger partial charge in [-0.05, 0) is 5.56 Å². The van der Waals surface area contributed by atoms with Gasteiger partial charge in [0.25, 0.3) is 5.89 Å². The molecule has 0 saturated carbocycles. The van der Waals surface area contributed by atoms with Crippen molar-refractivity contribution in [3.8, 4) is 11.6 Å². The van der Waals surface area contributed by atoms with Gasteiger partial charge in [-0.1, -0.05) is 59.7 Å². The molecule has 3 heterocycles. The van der Waals surface area contributed by atoms with Crippen LogP contribution >= 0.6 is 0 Å². The zero-order chi connectivity index (χ0) is 20.3. The average molecular weight is 396 g/mol. The Kier molecular flexibility index (Phi) is 4.57. The van der Waals surface area contributed by atoms with Gasteiger partial charge in [-0.25, -0.2) is 4.98 Å². The third-order valence-corrected chi connectivity index (χ3v) is 4.72. The molecule has 2 aromatic heterocycles. The number of anilines is 1. The van der Waals surface area contributed by atoms with Crippen LogP contribution in [0.5, 0.6) is 0 Å². The van der Waals surface area contributed by atoms with Gasteiger partial charge in [0, 0.05) is 29.9 Å². The van der Waals surface area contributed by atoms with Gasteiger partial charge in [0.2, 0.25) is 0 Å². The number of nitrogens with zero attached hydrogens (tertiary/aromatic N) is 5. The summed E-state index contributed by atoms with van der Waals surface area (Å²) in [5.41, 5.74) is 3.99. The van der Waals surface area contributed by atoms with Crippen LogP contribution in [0.2, 0.25) is 0 Å². The summed E-state index contributed by atoms with van der Waals surface area (Å²) in [5.74, 6) is 0.120. The summed E-state index contributed by atoms with van der Waals surface area (Å²) in [7, 11) is 0. The van der Waals surface area contributed by atoms with E-state index in [1.807, 2.05) is 54.6 Å². The van der Waals surface area contributed by atoms with E-state index in [4.69, 9.17) is 9.41 Å². The first kappa shape index (κ1) is 17.9. The van der Waals surface area contributed by atoms with Crippen molar-refractivity contribution in [1.82, 2.24) is 20.2 Å². The van der Waals surface area contributed by atoms with Gasteiger partial charge in [0.05, 0.1) is 11.9 Å². The lowest BCUT2D eigenvalue weighted by Gasteiger charge is -2.11. The predicted octanol–water partition coefficient (Wildman–Crippen LogP) is 2.93. The van der Waals surface area contributed by atoms with E-state index in [1.165, 1.54) is 12.4 Å². The third-order valence-electron chi connectivity index (χ3n) is 4.72. The van der Waals surface area contributed by atoms with Crippen LogP contribution in [0.4, 0.5) is 6.01 Å². The fraction of sp³-hybridized carbons (Fsp3) is 0.0909. The van der Waals surface area contributed by atoms with E-state index < -0.39 is 6.17 Å². The number of benzene rings is 2. The number of carbonyl (C=O) groups excluding carboxylic acids is 1. The number of aromatic nitrogens is 4. The van der Waals surface area contributed by atoms with Gasteiger partial charge >= 0.3 is 6.01 Å². The van der Waals surface area contributed by atoms with Crippen LogP contribution in [0.15, 0.2) is 82.6 Å². The van der Waals surface area contributed by atoms with Crippen LogP contribution in [-0.2, 0) is 11.2 Å². The van der Waals surface area contributed by atoms with Crippen molar-refractivity contribution in [1.29, 1.82) is 0 Å². The summed E-state index contributed by atoms with van der Waals surface area (Å²) in [4.78, 5) is 25.8. The summed E-state index contributed by atoms with van der Waals surface area (Å²) < 4.78 is 5.62. The van der Waals surface area contributed by atoms with Crippen molar-refractivity contribution in [2.45, 2.75) is 12.6 Å². The monoisotopic (exact) mass is 396 g/mol. The molecule has 1 atom stereocenters. The van der Waals surface area contributed by atoms with Crippen molar-refractivity contribution in [2.75, 3.05) is 5.32 Å². The molecule has 4 aromatic rings. The number of hydrogen-bond acceptors (Lipinski definition) is 8. The Morgan fingerprint density at radius 1 is 0.967 bits per heavy atom. The molecule has 1 aliphatic heterocycles. The standard InChI is InChI=1S/C22H16N6O2/c29-18-12-15-8-4-5-9-16(15)19(14-6-2-1-3-7-14)25-20(18)26-22-28-27-21(30-22)17-13-23-10-11-24-17/h1-11,13,20H,12H2,(H,26,28). The molecule has 1 unspecified atom stereocenters. The fourth-order valence-electron chi connectivity index (χ4n) is 3.31. The van der Waals surface area contributed by atoms with E-state index in [1.54, 1.807) is 6.20 Å². The Bertz CT molecular complexity index is 1220. The molecular formula is C22H16N6O2. The molecule has 0 aliphatic carbocycles. The minimum Gasteiger partial charge on any atom is -0.402 e. The maximum absolute atomic E-state index is 13.0. The lowest BCUT2D eigenvalue weighted by Crippen LogP contribution is -2.29. The van der Waals surface area contributed by atoms with E-state index in [0.29, 0.717) is 5.69 Å². The first-order valence-electron chi connectivity index (χ1n) is 9.38. The van der Waals surface area contributed by atoms with Crippen molar-refractivity contribution < 1.29 is 9.21 Å². The number of ketones is 1. The minimum absolute atomic E-state index is 0.0902. The van der Waals surface area contributed by atoms with Gasteiger partial charge in [0.15, 0.2) is 11.9 Å². The number of Topliss-reactive ketones (excluding diaryl/α,β-unsaturated/α-hetero) is 1. The first-order valence-corrected chi connectivity index (χ1v) is 9.38. The lowest BCUT2D eigenvalue weighted by molar-refractivity contribution is -0.119. The Labute approximate surface area is 171 Å². The van der Waals surface area contributed by atoms with Crippen LogP contribution in [0.1, 0.15) is 16.7 Å². The molecule has 146 valence electrons. The maximum Gasteiger partial charge on any atom is 0.317 e. The molecule has 2 aromatic carbocycles. The number of aliphatic imine (C=N–C) groups is 1. The SMILES string of the molecule is O=C1Cc2ccccc2C(c2ccccc2)=NC1Nc1nnc(-c2cnccn2)o1. The molecular weight excluding hydrogens is 380 g/mol. The zero-order valence-electron chi connectivity index (χ0n) is 15.8. The average Bonchev–Trinajstić information content (AvgIpc) is 3.21. The van der Waals surface area contributed by atoms with Gasteiger partial charge in [-0.2, -0.15) is 0 Å². The van der Waals surface area contributed by atoms with Crippen molar-refractivity contribution >= 4 is 17.5 Å². The van der Waals surface area contributed by atoms with Gasteiger partial charge in [-0.15, -0.1) is 5.10 Å². The van der Waals surface area contributed by atoms with Gasteiger partial charge in [0.1, 0.15) is 5.69 Å². The van der Waals surface area contributed by atoms with Crippen LogP contribution in [0.3, 0.4) is 0 Å². The molecule has 5 rings (SSSR count). The summed E-state index contributed by atoms with van der Waals surface area (Å²) in [6.45, 7) is 0. The maximum atomic E-state index is 13.0. The van der Waals surface area contributed by atoms with Crippen LogP contribution < -0.4 is 5.32 Å². The normalized spacial score (nSPS) is 15.8. The highest BCUT2D eigenvalue weighted by atomic mass is 16.4. The molecule has 1 aliphatic rings. The van der Waals surface area contributed by atoms with E-state index in [2.05, 4.69) is 25.5 Å². The van der Waals surface area contributed by atoms with Gasteiger partial charge in [-0.3, -0.25) is 14.8 Å². The smallest absolute Gasteiger partial charge is 0.317 e. The molecule has 0 radical (unpaired) electrons. The zero-order valence-corrected chi connectivity index (χ0v) is 15.8. The second-order valence-electron chi connectivity index (χ2n) is 6.69. The number of fused-ring (bicyclic) bond motifs is 1. The minimum atomic E-state index is -0.859. The van der Waals surface area contributed by atoms with E-state index >= 15 is 0 Å². The van der Waals surface area contributed by atoms with Crippen molar-refractivity contribution in [2.24, 2.45) is 4.99 Å². The first-order chi connectivity index (χ1) is 14.8. The molecule has 0 fully saturated rings. The largest absolute Gasteiger partial charge is 0.402 e. The second kappa shape index (κ2) is 7.67. The number of carbonyl (C=O) groups is 1. The third kappa shape index (κ3) is 3.46. The summed E-state index contributed by atoms with van der Waals surface area (Å²) >= 11 is 0. The summed E-state index contributed by atoms with van der Waals surface area (Å²) in [5, 5.41) is 10.9. The van der Waals surface area contributed by atoms with Crippen LogP contribution in [0, 0.1) is 0 Å². The number of hydrogen-bond donors (Lipinski definition) is 1. The molecule has 8 heteroatoms. The Hall–Kier alpha value is -4.20. The lowest BCUT2D eigenvalue weighted by atomic mass is 9.96. The molecule has 0 amide bonds. The Balaban J connectivity index is 1.51. The van der Waals surface area contributed by atoms with Crippen molar-refractivity contribution in [3.05, 3.63) is 89.9 Å². The van der Waals surface area contributed by atoms with E-state index in [9.17, 15) is 4.79 Å². The highest BCUT2D eigenvalue weighted by Crippen LogP contribution is 2.23. The molecule has 0 bridgehead atoms. The van der Waals surface area contributed by atoms with E-state index in [0.717, 1.165) is 22.4 Å².